The highest BCUT2D eigenvalue weighted by Crippen LogP contribution is 2.21. The Labute approximate surface area is 126 Å². The lowest BCUT2D eigenvalue weighted by Gasteiger charge is -2.04. The molecule has 0 aliphatic carbocycles. The molecule has 1 aromatic carbocycles. The normalized spacial score (nSPS) is 11.4. The summed E-state index contributed by atoms with van der Waals surface area (Å²) in [6.45, 7) is 1.59. The number of anilines is 1. The minimum atomic E-state index is -0.431. The fraction of sp³-hybridized carbons (Fsp3) is 0.0833. The highest BCUT2D eigenvalue weighted by atomic mass is 79.9. The molecule has 1 amide bonds. The van der Waals surface area contributed by atoms with Crippen LogP contribution in [0.1, 0.15) is 23.0 Å². The van der Waals surface area contributed by atoms with E-state index < -0.39 is 11.7 Å². The standard InChI is InChI=1S/C12H9BrFN3O2S/c1-6(17-19)10-5-20-12(15-10)16-11(18)8-3-2-7(14)4-9(8)13/h2-5,19H,1H3,(H,15,16,18). The number of oxime groups is 1. The molecule has 1 heterocycles. The lowest BCUT2D eigenvalue weighted by molar-refractivity contribution is 0.102. The summed E-state index contributed by atoms with van der Waals surface area (Å²) in [6.07, 6.45) is 0. The average Bonchev–Trinajstić information content (AvgIpc) is 2.86. The molecule has 0 fully saturated rings. The molecule has 0 atom stereocenters. The summed E-state index contributed by atoms with van der Waals surface area (Å²) in [5.41, 5.74) is 1.13. The van der Waals surface area contributed by atoms with Gasteiger partial charge in [0.1, 0.15) is 17.2 Å². The predicted octanol–water partition coefficient (Wildman–Crippen LogP) is 3.50. The number of aromatic nitrogens is 1. The van der Waals surface area contributed by atoms with Gasteiger partial charge in [0.2, 0.25) is 0 Å². The number of rotatable bonds is 3. The van der Waals surface area contributed by atoms with Crippen LogP contribution in [0.15, 0.2) is 33.2 Å². The van der Waals surface area contributed by atoms with Gasteiger partial charge in [0.15, 0.2) is 5.13 Å². The average molecular weight is 358 g/mol. The van der Waals surface area contributed by atoms with E-state index >= 15 is 0 Å². The quantitative estimate of drug-likeness (QED) is 0.501. The Bertz CT molecular complexity index is 687. The maximum atomic E-state index is 13.0. The zero-order valence-corrected chi connectivity index (χ0v) is 12.6. The molecule has 5 nitrogen and oxygen atoms in total. The highest BCUT2D eigenvalue weighted by molar-refractivity contribution is 9.10. The van der Waals surface area contributed by atoms with Crippen LogP contribution in [0.3, 0.4) is 0 Å². The van der Waals surface area contributed by atoms with Crippen LogP contribution in [-0.4, -0.2) is 21.8 Å². The number of amides is 1. The molecular weight excluding hydrogens is 349 g/mol. The number of nitrogens with zero attached hydrogens (tertiary/aromatic N) is 2. The number of benzene rings is 1. The molecule has 0 aliphatic rings. The van der Waals surface area contributed by atoms with Gasteiger partial charge in [-0.1, -0.05) is 5.16 Å². The monoisotopic (exact) mass is 357 g/mol. The summed E-state index contributed by atoms with van der Waals surface area (Å²) in [7, 11) is 0. The van der Waals surface area contributed by atoms with Crippen molar-refractivity contribution in [2.45, 2.75) is 6.92 Å². The molecule has 0 spiro atoms. The second kappa shape index (κ2) is 6.10. The van der Waals surface area contributed by atoms with E-state index in [1.807, 2.05) is 0 Å². The van der Waals surface area contributed by atoms with Crippen molar-refractivity contribution in [3.05, 3.63) is 45.1 Å². The van der Waals surface area contributed by atoms with Crippen molar-refractivity contribution in [1.82, 2.24) is 4.98 Å². The molecular formula is C12H9BrFN3O2S. The summed E-state index contributed by atoms with van der Waals surface area (Å²) in [5, 5.41) is 16.3. The SMILES string of the molecule is CC(=NO)c1csc(NC(=O)c2ccc(F)cc2Br)n1. The first kappa shape index (κ1) is 14.6. The van der Waals surface area contributed by atoms with Crippen molar-refractivity contribution in [2.24, 2.45) is 5.16 Å². The lowest BCUT2D eigenvalue weighted by Crippen LogP contribution is -2.12. The third kappa shape index (κ3) is 3.20. The van der Waals surface area contributed by atoms with Gasteiger partial charge in [-0.05, 0) is 41.1 Å². The number of carbonyl (C=O) groups excluding carboxylic acids is 1. The highest BCUT2D eigenvalue weighted by Gasteiger charge is 2.13. The van der Waals surface area contributed by atoms with E-state index in [9.17, 15) is 9.18 Å². The number of hydrogen-bond acceptors (Lipinski definition) is 5. The molecule has 0 aliphatic heterocycles. The van der Waals surface area contributed by atoms with E-state index in [2.05, 4.69) is 31.4 Å². The zero-order chi connectivity index (χ0) is 14.7. The molecule has 104 valence electrons. The number of thiazole rings is 1. The van der Waals surface area contributed by atoms with E-state index in [4.69, 9.17) is 5.21 Å². The minimum Gasteiger partial charge on any atom is -0.411 e. The number of hydrogen-bond donors (Lipinski definition) is 2. The Morgan fingerprint density at radius 3 is 2.95 bits per heavy atom. The van der Waals surface area contributed by atoms with Crippen molar-refractivity contribution in [3.63, 3.8) is 0 Å². The predicted molar refractivity (Wildman–Crippen MR) is 78.2 cm³/mol. The van der Waals surface area contributed by atoms with Gasteiger partial charge in [-0.2, -0.15) is 0 Å². The van der Waals surface area contributed by atoms with Crippen LogP contribution in [0.5, 0.6) is 0 Å². The van der Waals surface area contributed by atoms with Crippen LogP contribution < -0.4 is 5.32 Å². The van der Waals surface area contributed by atoms with Crippen LogP contribution in [0.2, 0.25) is 0 Å². The van der Waals surface area contributed by atoms with Gasteiger partial charge in [0.05, 0.1) is 5.56 Å². The second-order valence-corrected chi connectivity index (χ2v) is 5.51. The molecule has 2 aromatic rings. The van der Waals surface area contributed by atoms with Crippen LogP contribution >= 0.6 is 27.3 Å². The molecule has 2 N–H and O–H groups in total. The van der Waals surface area contributed by atoms with Gasteiger partial charge < -0.3 is 5.21 Å². The van der Waals surface area contributed by atoms with Crippen LogP contribution in [0.4, 0.5) is 9.52 Å². The van der Waals surface area contributed by atoms with Crippen molar-refractivity contribution >= 4 is 44.0 Å². The maximum Gasteiger partial charge on any atom is 0.258 e. The maximum absolute atomic E-state index is 13.0. The number of carbonyl (C=O) groups is 1. The zero-order valence-electron chi connectivity index (χ0n) is 10.2. The summed E-state index contributed by atoms with van der Waals surface area (Å²) < 4.78 is 13.3. The Kier molecular flexibility index (Phi) is 4.46. The van der Waals surface area contributed by atoms with Crippen LogP contribution in [0.25, 0.3) is 0 Å². The van der Waals surface area contributed by atoms with E-state index in [1.165, 1.54) is 29.5 Å². The number of halogens is 2. The first-order valence-corrected chi connectivity index (χ1v) is 7.09. The second-order valence-electron chi connectivity index (χ2n) is 3.80. The van der Waals surface area contributed by atoms with E-state index in [0.29, 0.717) is 26.6 Å². The smallest absolute Gasteiger partial charge is 0.258 e. The third-order valence-electron chi connectivity index (χ3n) is 2.42. The van der Waals surface area contributed by atoms with Crippen molar-refractivity contribution < 1.29 is 14.4 Å². The third-order valence-corrected chi connectivity index (χ3v) is 3.83. The molecule has 0 saturated carbocycles. The fourth-order valence-corrected chi connectivity index (χ4v) is 2.67. The van der Waals surface area contributed by atoms with E-state index in [-0.39, 0.29) is 0 Å². The Balaban J connectivity index is 2.17. The molecule has 2 rings (SSSR count). The minimum absolute atomic E-state index is 0.302. The van der Waals surface area contributed by atoms with Crippen molar-refractivity contribution in [1.29, 1.82) is 0 Å². The first-order valence-electron chi connectivity index (χ1n) is 5.42. The van der Waals surface area contributed by atoms with Crippen molar-refractivity contribution in [3.8, 4) is 0 Å². The topological polar surface area (TPSA) is 74.6 Å². The fourth-order valence-electron chi connectivity index (χ4n) is 1.39. The van der Waals surface area contributed by atoms with Gasteiger partial charge in [0, 0.05) is 9.85 Å². The van der Waals surface area contributed by atoms with Gasteiger partial charge in [-0.25, -0.2) is 9.37 Å². The molecule has 0 radical (unpaired) electrons. The summed E-state index contributed by atoms with van der Waals surface area (Å²) in [5.74, 6) is -0.837. The van der Waals surface area contributed by atoms with Crippen molar-refractivity contribution in [2.75, 3.05) is 5.32 Å². The van der Waals surface area contributed by atoms with Gasteiger partial charge >= 0.3 is 0 Å². The largest absolute Gasteiger partial charge is 0.411 e. The molecule has 8 heteroatoms. The Morgan fingerprint density at radius 1 is 1.55 bits per heavy atom. The van der Waals surface area contributed by atoms with Gasteiger partial charge in [-0.15, -0.1) is 11.3 Å². The summed E-state index contributed by atoms with van der Waals surface area (Å²) >= 11 is 4.33. The van der Waals surface area contributed by atoms with Gasteiger partial charge in [-0.3, -0.25) is 10.1 Å². The molecule has 0 saturated heterocycles. The lowest BCUT2D eigenvalue weighted by atomic mass is 10.2. The summed E-state index contributed by atoms with van der Waals surface area (Å²) in [6, 6.07) is 3.80. The van der Waals surface area contributed by atoms with Crippen LogP contribution in [-0.2, 0) is 0 Å². The molecule has 0 unspecified atom stereocenters. The Morgan fingerprint density at radius 2 is 2.30 bits per heavy atom. The molecule has 20 heavy (non-hydrogen) atoms. The van der Waals surface area contributed by atoms with Crippen LogP contribution in [0, 0.1) is 5.82 Å². The summed E-state index contributed by atoms with van der Waals surface area (Å²) in [4.78, 5) is 16.1. The van der Waals surface area contributed by atoms with E-state index in [1.54, 1.807) is 12.3 Å². The molecule has 1 aromatic heterocycles. The van der Waals surface area contributed by atoms with E-state index in [0.717, 1.165) is 0 Å². The number of nitrogens with one attached hydrogen (secondary N) is 1. The van der Waals surface area contributed by atoms with Gasteiger partial charge in [0.25, 0.3) is 5.91 Å². The Hall–Kier alpha value is -1.80. The first-order chi connectivity index (χ1) is 9.51. The molecule has 0 bridgehead atoms.